The highest BCUT2D eigenvalue weighted by atomic mass is 16.2. The van der Waals surface area contributed by atoms with Crippen LogP contribution in [0.1, 0.15) is 52.9 Å². The summed E-state index contributed by atoms with van der Waals surface area (Å²) in [4.78, 5) is 12.8. The van der Waals surface area contributed by atoms with Gasteiger partial charge < -0.3 is 11.1 Å². The van der Waals surface area contributed by atoms with Crippen LogP contribution in [0.3, 0.4) is 0 Å². The molecular weight excluding hydrogens is 260 g/mol. The van der Waals surface area contributed by atoms with Crippen LogP contribution in [-0.2, 0) is 4.79 Å². The van der Waals surface area contributed by atoms with E-state index in [1.165, 1.54) is 19.3 Å². The summed E-state index contributed by atoms with van der Waals surface area (Å²) >= 11 is 0. The fourth-order valence-electron chi connectivity index (χ4n) is 6.10. The third kappa shape index (κ3) is 1.92. The molecule has 0 spiro atoms. The lowest BCUT2D eigenvalue weighted by Crippen LogP contribution is -2.52. The minimum atomic E-state index is 0.0186. The predicted molar refractivity (Wildman–Crippen MR) is 83.4 cm³/mol. The Labute approximate surface area is 128 Å². The summed E-state index contributed by atoms with van der Waals surface area (Å²) in [6.07, 6.45) is 6.23. The van der Waals surface area contributed by atoms with E-state index < -0.39 is 0 Å². The molecule has 0 saturated heterocycles. The first kappa shape index (κ1) is 14.0. The van der Waals surface area contributed by atoms with Gasteiger partial charge in [-0.25, -0.2) is 0 Å². The van der Waals surface area contributed by atoms with E-state index in [4.69, 9.17) is 5.73 Å². The second-order valence-electron chi connectivity index (χ2n) is 8.93. The van der Waals surface area contributed by atoms with Gasteiger partial charge in [0.05, 0.1) is 0 Å². The van der Waals surface area contributed by atoms with Gasteiger partial charge in [-0.15, -0.1) is 0 Å². The zero-order chi connectivity index (χ0) is 14.9. The van der Waals surface area contributed by atoms with Crippen molar-refractivity contribution in [2.24, 2.45) is 46.7 Å². The summed E-state index contributed by atoms with van der Waals surface area (Å²) in [5.74, 6) is 4.40. The predicted octanol–water partition coefficient (Wildman–Crippen LogP) is 2.55. The van der Waals surface area contributed by atoms with E-state index in [-0.39, 0.29) is 17.4 Å². The van der Waals surface area contributed by atoms with Crippen molar-refractivity contribution in [1.29, 1.82) is 0 Å². The Balaban J connectivity index is 1.42. The molecule has 4 saturated carbocycles. The molecule has 4 aliphatic carbocycles. The summed E-state index contributed by atoms with van der Waals surface area (Å²) < 4.78 is 0. The van der Waals surface area contributed by atoms with Gasteiger partial charge in [0.15, 0.2) is 0 Å². The normalized spacial score (nSPS) is 53.3. The van der Waals surface area contributed by atoms with Gasteiger partial charge in [0, 0.05) is 18.0 Å². The smallest absolute Gasteiger partial charge is 0.223 e. The Morgan fingerprint density at radius 1 is 1.10 bits per heavy atom. The van der Waals surface area contributed by atoms with Crippen LogP contribution < -0.4 is 11.1 Å². The third-order valence-corrected chi connectivity index (χ3v) is 7.86. The summed E-state index contributed by atoms with van der Waals surface area (Å²) in [5, 5.41) is 3.44. The standard InChI is InChI=1S/C18H30N2O/c1-9-13(19)7-6-12(18(9,2)3)17(21)20-16-14-10-4-5-11(8-10)15(14)16/h9-16H,4-8,19H2,1-3H3,(H,20,21). The Morgan fingerprint density at radius 2 is 1.71 bits per heavy atom. The van der Waals surface area contributed by atoms with E-state index in [2.05, 4.69) is 26.1 Å². The molecule has 3 N–H and O–H groups in total. The van der Waals surface area contributed by atoms with Crippen molar-refractivity contribution in [3.05, 3.63) is 0 Å². The molecule has 3 heteroatoms. The number of carbonyl (C=O) groups excluding carboxylic acids is 1. The van der Waals surface area contributed by atoms with Gasteiger partial charge in [0.1, 0.15) is 0 Å². The van der Waals surface area contributed by atoms with Crippen LogP contribution in [-0.4, -0.2) is 18.0 Å². The number of nitrogens with one attached hydrogen (secondary N) is 1. The zero-order valence-corrected chi connectivity index (χ0v) is 13.6. The van der Waals surface area contributed by atoms with Gasteiger partial charge in [-0.3, -0.25) is 4.79 Å². The lowest BCUT2D eigenvalue weighted by atomic mass is 9.61. The highest BCUT2D eigenvalue weighted by molar-refractivity contribution is 5.80. The molecule has 0 radical (unpaired) electrons. The van der Waals surface area contributed by atoms with Crippen molar-refractivity contribution in [3.8, 4) is 0 Å². The van der Waals surface area contributed by atoms with Crippen LogP contribution in [0, 0.1) is 40.9 Å². The van der Waals surface area contributed by atoms with Crippen LogP contribution in [0.15, 0.2) is 0 Å². The van der Waals surface area contributed by atoms with E-state index in [1.807, 2.05) is 0 Å². The molecular formula is C18H30N2O. The maximum Gasteiger partial charge on any atom is 0.223 e. The lowest BCUT2D eigenvalue weighted by molar-refractivity contribution is -0.132. The minimum absolute atomic E-state index is 0.0186. The number of nitrogens with two attached hydrogens (primary N) is 1. The number of carbonyl (C=O) groups is 1. The molecule has 0 aliphatic heterocycles. The Bertz CT molecular complexity index is 444. The quantitative estimate of drug-likeness (QED) is 0.821. The minimum Gasteiger partial charge on any atom is -0.353 e. The average molecular weight is 290 g/mol. The maximum atomic E-state index is 12.8. The molecule has 21 heavy (non-hydrogen) atoms. The average Bonchev–Trinajstić information content (AvgIpc) is 2.83. The summed E-state index contributed by atoms with van der Waals surface area (Å²) in [7, 11) is 0. The molecule has 7 unspecified atom stereocenters. The molecule has 0 aromatic heterocycles. The van der Waals surface area contributed by atoms with E-state index >= 15 is 0 Å². The first-order chi connectivity index (χ1) is 9.91. The molecule has 118 valence electrons. The second-order valence-corrected chi connectivity index (χ2v) is 8.93. The first-order valence-corrected chi connectivity index (χ1v) is 8.97. The topological polar surface area (TPSA) is 55.1 Å². The number of hydrogen-bond donors (Lipinski definition) is 2. The number of hydrogen-bond acceptors (Lipinski definition) is 2. The molecule has 0 aromatic carbocycles. The van der Waals surface area contributed by atoms with E-state index in [1.54, 1.807) is 0 Å². The number of fused-ring (bicyclic) bond motifs is 5. The molecule has 4 aliphatic rings. The fourth-order valence-corrected chi connectivity index (χ4v) is 6.10. The zero-order valence-electron chi connectivity index (χ0n) is 13.6. The van der Waals surface area contributed by atoms with Crippen molar-refractivity contribution < 1.29 is 4.79 Å². The Kier molecular flexibility index (Phi) is 2.99. The first-order valence-electron chi connectivity index (χ1n) is 8.97. The van der Waals surface area contributed by atoms with Crippen LogP contribution >= 0.6 is 0 Å². The molecule has 1 amide bonds. The molecule has 7 atom stereocenters. The van der Waals surface area contributed by atoms with Crippen LogP contribution in [0.5, 0.6) is 0 Å². The number of rotatable bonds is 2. The summed E-state index contributed by atoms with van der Waals surface area (Å²) in [6.45, 7) is 6.69. The van der Waals surface area contributed by atoms with Crippen molar-refractivity contribution in [3.63, 3.8) is 0 Å². The Hall–Kier alpha value is -0.570. The second kappa shape index (κ2) is 4.47. The molecule has 0 aromatic rings. The largest absolute Gasteiger partial charge is 0.353 e. The van der Waals surface area contributed by atoms with Crippen LogP contribution in [0.25, 0.3) is 0 Å². The molecule has 3 nitrogen and oxygen atoms in total. The van der Waals surface area contributed by atoms with Crippen molar-refractivity contribution in [1.82, 2.24) is 5.32 Å². The number of amides is 1. The molecule has 4 fully saturated rings. The van der Waals surface area contributed by atoms with Gasteiger partial charge in [-0.2, -0.15) is 0 Å². The highest BCUT2D eigenvalue weighted by Gasteiger charge is 2.65. The van der Waals surface area contributed by atoms with Crippen molar-refractivity contribution >= 4 is 5.91 Å². The van der Waals surface area contributed by atoms with Crippen molar-refractivity contribution in [2.45, 2.75) is 65.0 Å². The maximum absolute atomic E-state index is 12.8. The summed E-state index contributed by atoms with van der Waals surface area (Å²) in [5.41, 5.74) is 6.24. The van der Waals surface area contributed by atoms with Gasteiger partial charge in [-0.05, 0) is 67.1 Å². The SMILES string of the molecule is CC1C(N)CCC(C(=O)NC2C3C4CCC(C4)C23)C1(C)C. The van der Waals surface area contributed by atoms with Crippen LogP contribution in [0.2, 0.25) is 0 Å². The Morgan fingerprint density at radius 3 is 2.33 bits per heavy atom. The molecule has 4 rings (SSSR count). The highest BCUT2D eigenvalue weighted by Crippen LogP contribution is 2.65. The third-order valence-electron chi connectivity index (χ3n) is 7.86. The van der Waals surface area contributed by atoms with E-state index in [0.717, 1.165) is 36.5 Å². The van der Waals surface area contributed by atoms with Gasteiger partial charge >= 0.3 is 0 Å². The van der Waals surface area contributed by atoms with Crippen LogP contribution in [0.4, 0.5) is 0 Å². The van der Waals surface area contributed by atoms with Gasteiger partial charge in [-0.1, -0.05) is 20.8 Å². The van der Waals surface area contributed by atoms with E-state index in [0.29, 0.717) is 17.9 Å². The van der Waals surface area contributed by atoms with Gasteiger partial charge in [0.2, 0.25) is 5.91 Å². The molecule has 2 bridgehead atoms. The molecule has 0 heterocycles. The van der Waals surface area contributed by atoms with Crippen molar-refractivity contribution in [2.75, 3.05) is 0 Å². The lowest BCUT2D eigenvalue weighted by Gasteiger charge is -2.46. The monoisotopic (exact) mass is 290 g/mol. The summed E-state index contributed by atoms with van der Waals surface area (Å²) in [6, 6.07) is 0.769. The van der Waals surface area contributed by atoms with Gasteiger partial charge in [0.25, 0.3) is 0 Å². The van der Waals surface area contributed by atoms with E-state index in [9.17, 15) is 4.79 Å². The fraction of sp³-hybridized carbons (Fsp3) is 0.944.